The lowest BCUT2D eigenvalue weighted by Gasteiger charge is -2.49. The third kappa shape index (κ3) is 3.38. The predicted octanol–water partition coefficient (Wildman–Crippen LogP) is 4.58. The number of hydrogen-bond acceptors (Lipinski definition) is 2. The Labute approximate surface area is 151 Å². The Hall–Kier alpha value is -1.64. The number of piperidine rings is 3. The third-order valence-electron chi connectivity index (χ3n) is 6.62. The zero-order chi connectivity index (χ0) is 17.2. The first-order chi connectivity index (χ1) is 12.2. The highest BCUT2D eigenvalue weighted by Gasteiger charge is 2.39. The maximum atomic E-state index is 11.6. The summed E-state index contributed by atoms with van der Waals surface area (Å²) in [6.45, 7) is 3.84. The van der Waals surface area contributed by atoms with Gasteiger partial charge in [0.1, 0.15) is 5.60 Å². The molecule has 2 aromatic rings. The molecule has 5 rings (SSSR count). The third-order valence-corrected chi connectivity index (χ3v) is 6.62. The van der Waals surface area contributed by atoms with Gasteiger partial charge in [0.25, 0.3) is 0 Å². The quantitative estimate of drug-likeness (QED) is 0.835. The molecule has 1 N–H and O–H groups in total. The molecule has 0 aromatic heterocycles. The van der Waals surface area contributed by atoms with E-state index in [1.807, 2.05) is 36.4 Å². The maximum absolute atomic E-state index is 11.6. The minimum Gasteiger partial charge on any atom is -0.380 e. The normalized spacial score (nSPS) is 25.9. The van der Waals surface area contributed by atoms with Gasteiger partial charge in [0.2, 0.25) is 0 Å². The van der Waals surface area contributed by atoms with Crippen molar-refractivity contribution in [3.8, 4) is 0 Å². The fourth-order valence-electron chi connectivity index (χ4n) is 4.87. The lowest BCUT2D eigenvalue weighted by atomic mass is 9.68. The molecule has 0 unspecified atom stereocenters. The summed E-state index contributed by atoms with van der Waals surface area (Å²) in [4.78, 5) is 2.60. The van der Waals surface area contributed by atoms with Crippen LogP contribution in [-0.4, -0.2) is 29.6 Å². The Kier molecular flexibility index (Phi) is 4.66. The minimum absolute atomic E-state index is 0.545. The molecule has 2 heteroatoms. The van der Waals surface area contributed by atoms with Crippen LogP contribution in [0.15, 0.2) is 60.7 Å². The summed E-state index contributed by atoms with van der Waals surface area (Å²) in [6, 6.07) is 20.4. The Morgan fingerprint density at radius 2 is 1.28 bits per heavy atom. The molecule has 2 aromatic carbocycles. The number of fused-ring (bicyclic) bond motifs is 3. The highest BCUT2D eigenvalue weighted by atomic mass is 16.3. The Bertz CT molecular complexity index is 620. The molecule has 3 aliphatic rings. The van der Waals surface area contributed by atoms with Gasteiger partial charge >= 0.3 is 0 Å². The van der Waals surface area contributed by atoms with Crippen LogP contribution in [0.1, 0.15) is 49.7 Å². The largest absolute Gasteiger partial charge is 0.380 e. The summed E-state index contributed by atoms with van der Waals surface area (Å²) in [5.74, 6) is 0. The topological polar surface area (TPSA) is 23.5 Å². The molecule has 132 valence electrons. The van der Waals surface area contributed by atoms with Crippen LogP contribution in [0.3, 0.4) is 0 Å². The molecule has 3 saturated heterocycles. The maximum Gasteiger partial charge on any atom is 0.115 e. The molecule has 2 bridgehead atoms. The molecule has 0 radical (unpaired) electrons. The first kappa shape index (κ1) is 16.8. The molecule has 3 heterocycles. The van der Waals surface area contributed by atoms with Crippen LogP contribution >= 0.6 is 0 Å². The molecule has 0 atom stereocenters. The van der Waals surface area contributed by atoms with E-state index in [0.717, 1.165) is 24.0 Å². The van der Waals surface area contributed by atoms with Crippen LogP contribution in [0.25, 0.3) is 0 Å². The molecule has 3 aliphatic heterocycles. The SMILES string of the molecule is OC(CCCC12CCN(CC1)CC2)(c1ccccc1)c1ccccc1. The van der Waals surface area contributed by atoms with Crippen molar-refractivity contribution in [3.05, 3.63) is 71.8 Å². The van der Waals surface area contributed by atoms with E-state index in [0.29, 0.717) is 5.41 Å². The Morgan fingerprint density at radius 3 is 1.76 bits per heavy atom. The second kappa shape index (κ2) is 6.93. The molecule has 2 nitrogen and oxygen atoms in total. The molecule has 3 fully saturated rings. The molecule has 0 spiro atoms. The van der Waals surface area contributed by atoms with Gasteiger partial charge < -0.3 is 10.0 Å². The van der Waals surface area contributed by atoms with Gasteiger partial charge in [0, 0.05) is 0 Å². The van der Waals surface area contributed by atoms with Crippen LogP contribution in [0.2, 0.25) is 0 Å². The molecule has 0 aliphatic carbocycles. The van der Waals surface area contributed by atoms with E-state index in [-0.39, 0.29) is 0 Å². The van der Waals surface area contributed by atoms with E-state index in [1.54, 1.807) is 0 Å². The van der Waals surface area contributed by atoms with E-state index in [4.69, 9.17) is 0 Å². The minimum atomic E-state index is -0.880. The second-order valence-corrected chi connectivity index (χ2v) is 8.04. The standard InChI is InChI=1S/C23H29NO/c25-23(20-8-3-1-4-9-20,21-10-5-2-6-11-21)13-7-12-22-14-17-24(18-15-22)19-16-22/h1-6,8-11,25H,7,12-19H2. The fourth-order valence-corrected chi connectivity index (χ4v) is 4.87. The molecular formula is C23H29NO. The number of hydrogen-bond donors (Lipinski definition) is 1. The van der Waals surface area contributed by atoms with Gasteiger partial charge in [0.15, 0.2) is 0 Å². The van der Waals surface area contributed by atoms with Crippen molar-refractivity contribution in [1.82, 2.24) is 4.90 Å². The van der Waals surface area contributed by atoms with Crippen LogP contribution in [-0.2, 0) is 5.60 Å². The van der Waals surface area contributed by atoms with Gasteiger partial charge in [-0.25, -0.2) is 0 Å². The van der Waals surface area contributed by atoms with E-state index in [9.17, 15) is 5.11 Å². The van der Waals surface area contributed by atoms with Crippen LogP contribution in [0.5, 0.6) is 0 Å². The highest BCUT2D eigenvalue weighted by molar-refractivity contribution is 5.35. The van der Waals surface area contributed by atoms with Crippen molar-refractivity contribution in [2.24, 2.45) is 5.41 Å². The van der Waals surface area contributed by atoms with Gasteiger partial charge in [-0.2, -0.15) is 0 Å². The van der Waals surface area contributed by atoms with Crippen molar-refractivity contribution in [1.29, 1.82) is 0 Å². The number of nitrogens with zero attached hydrogens (tertiary/aromatic N) is 1. The van der Waals surface area contributed by atoms with E-state index < -0.39 is 5.60 Å². The summed E-state index contributed by atoms with van der Waals surface area (Å²) in [5, 5.41) is 11.6. The smallest absolute Gasteiger partial charge is 0.115 e. The van der Waals surface area contributed by atoms with Gasteiger partial charge in [-0.3, -0.25) is 0 Å². The molecular weight excluding hydrogens is 306 g/mol. The van der Waals surface area contributed by atoms with E-state index in [2.05, 4.69) is 29.2 Å². The van der Waals surface area contributed by atoms with Crippen molar-refractivity contribution in [2.75, 3.05) is 19.6 Å². The van der Waals surface area contributed by atoms with Crippen molar-refractivity contribution in [3.63, 3.8) is 0 Å². The molecule has 25 heavy (non-hydrogen) atoms. The summed E-state index contributed by atoms with van der Waals surface area (Å²) in [5.41, 5.74) is 1.69. The number of rotatable bonds is 6. The van der Waals surface area contributed by atoms with Crippen molar-refractivity contribution in [2.45, 2.75) is 44.1 Å². The summed E-state index contributed by atoms with van der Waals surface area (Å²) < 4.78 is 0. The van der Waals surface area contributed by atoms with Crippen LogP contribution in [0.4, 0.5) is 0 Å². The zero-order valence-corrected chi connectivity index (χ0v) is 15.0. The highest BCUT2D eigenvalue weighted by Crippen LogP contribution is 2.45. The van der Waals surface area contributed by atoms with Gasteiger partial charge in [-0.05, 0) is 74.7 Å². The average molecular weight is 335 g/mol. The fraction of sp³-hybridized carbons (Fsp3) is 0.478. The Balaban J connectivity index is 1.51. The predicted molar refractivity (Wildman–Crippen MR) is 102 cm³/mol. The van der Waals surface area contributed by atoms with E-state index >= 15 is 0 Å². The van der Waals surface area contributed by atoms with Gasteiger partial charge in [-0.15, -0.1) is 0 Å². The first-order valence-electron chi connectivity index (χ1n) is 9.76. The number of benzene rings is 2. The average Bonchev–Trinajstić information content (AvgIpc) is 2.70. The summed E-state index contributed by atoms with van der Waals surface area (Å²) >= 11 is 0. The zero-order valence-electron chi connectivity index (χ0n) is 15.0. The monoisotopic (exact) mass is 335 g/mol. The van der Waals surface area contributed by atoms with Crippen LogP contribution in [0, 0.1) is 5.41 Å². The van der Waals surface area contributed by atoms with Crippen molar-refractivity contribution >= 4 is 0 Å². The van der Waals surface area contributed by atoms with Gasteiger partial charge in [0.05, 0.1) is 0 Å². The van der Waals surface area contributed by atoms with Crippen molar-refractivity contribution < 1.29 is 5.11 Å². The summed E-state index contributed by atoms with van der Waals surface area (Å²) in [7, 11) is 0. The molecule has 0 amide bonds. The lowest BCUT2D eigenvalue weighted by molar-refractivity contribution is 0.00912. The summed E-state index contributed by atoms with van der Waals surface area (Å²) in [6.07, 6.45) is 7.18. The molecule has 0 saturated carbocycles. The number of aliphatic hydroxyl groups is 1. The Morgan fingerprint density at radius 1 is 0.800 bits per heavy atom. The lowest BCUT2D eigenvalue weighted by Crippen LogP contribution is -2.48. The van der Waals surface area contributed by atoms with E-state index in [1.165, 1.54) is 45.3 Å². The van der Waals surface area contributed by atoms with Crippen LogP contribution < -0.4 is 0 Å². The van der Waals surface area contributed by atoms with Gasteiger partial charge in [-0.1, -0.05) is 60.7 Å². The first-order valence-corrected chi connectivity index (χ1v) is 9.76. The second-order valence-electron chi connectivity index (χ2n) is 8.04.